The van der Waals surface area contributed by atoms with E-state index in [1.165, 1.54) is 35.2 Å². The third-order valence-corrected chi connectivity index (χ3v) is 4.76. The molecule has 2 aromatic carbocycles. The number of rotatable bonds is 7. The lowest BCUT2D eigenvalue weighted by Gasteiger charge is -2.17. The number of ketones is 1. The zero-order chi connectivity index (χ0) is 21.7. The van der Waals surface area contributed by atoms with Crippen LogP contribution in [0.1, 0.15) is 30.1 Å². The van der Waals surface area contributed by atoms with Crippen LogP contribution in [0.15, 0.2) is 48.5 Å². The molecule has 0 saturated carbocycles. The minimum Gasteiger partial charge on any atom is -0.457 e. The Bertz CT molecular complexity index is 974. The van der Waals surface area contributed by atoms with Gasteiger partial charge in [0.05, 0.1) is 11.6 Å². The number of carbonyl (C=O) groups excluding carboxylic acids is 4. The number of para-hydroxylation sites is 1. The number of Topliss-reactive ketones (excluding diaryl/α,β-unsaturated/α-hetero) is 1. The van der Waals surface area contributed by atoms with Crippen molar-refractivity contribution in [1.29, 1.82) is 0 Å². The number of carbonyl (C=O) groups is 4. The van der Waals surface area contributed by atoms with E-state index in [1.807, 2.05) is 0 Å². The van der Waals surface area contributed by atoms with Crippen LogP contribution in [-0.4, -0.2) is 36.7 Å². The van der Waals surface area contributed by atoms with E-state index in [2.05, 4.69) is 5.32 Å². The number of nitrogens with zero attached hydrogens (tertiary/aromatic N) is 1. The fourth-order valence-corrected chi connectivity index (χ4v) is 3.10. The third-order valence-electron chi connectivity index (χ3n) is 4.76. The molecule has 1 N–H and O–H groups in total. The van der Waals surface area contributed by atoms with Crippen LogP contribution in [0.4, 0.5) is 15.8 Å². The molecule has 3 rings (SSSR count). The van der Waals surface area contributed by atoms with E-state index in [4.69, 9.17) is 4.74 Å². The molecule has 1 heterocycles. The zero-order valence-electron chi connectivity index (χ0n) is 16.4. The van der Waals surface area contributed by atoms with Crippen molar-refractivity contribution in [2.24, 2.45) is 5.92 Å². The van der Waals surface area contributed by atoms with E-state index in [9.17, 15) is 23.6 Å². The highest BCUT2D eigenvalue weighted by Gasteiger charge is 2.37. The van der Waals surface area contributed by atoms with Gasteiger partial charge < -0.3 is 15.0 Å². The van der Waals surface area contributed by atoms with Gasteiger partial charge in [0.1, 0.15) is 5.82 Å². The average Bonchev–Trinajstić information content (AvgIpc) is 3.14. The molecule has 30 heavy (non-hydrogen) atoms. The predicted molar refractivity (Wildman–Crippen MR) is 108 cm³/mol. The van der Waals surface area contributed by atoms with Gasteiger partial charge in [-0.1, -0.05) is 19.1 Å². The highest BCUT2D eigenvalue weighted by atomic mass is 19.1. The van der Waals surface area contributed by atoms with Crippen molar-refractivity contribution in [3.8, 4) is 0 Å². The van der Waals surface area contributed by atoms with Crippen LogP contribution in [0.25, 0.3) is 0 Å². The summed E-state index contributed by atoms with van der Waals surface area (Å²) in [5, 5.41) is 2.67. The predicted octanol–water partition coefficient (Wildman–Crippen LogP) is 2.95. The van der Waals surface area contributed by atoms with Gasteiger partial charge in [0, 0.05) is 30.6 Å². The molecule has 0 radical (unpaired) electrons. The Morgan fingerprint density at radius 3 is 2.50 bits per heavy atom. The van der Waals surface area contributed by atoms with E-state index < -0.39 is 30.1 Å². The maximum absolute atomic E-state index is 13.9. The fourth-order valence-electron chi connectivity index (χ4n) is 3.10. The number of amides is 2. The molecule has 0 aliphatic carbocycles. The molecule has 1 saturated heterocycles. The topological polar surface area (TPSA) is 92.8 Å². The summed E-state index contributed by atoms with van der Waals surface area (Å²) in [4.78, 5) is 49.3. The summed E-state index contributed by atoms with van der Waals surface area (Å²) in [6, 6.07) is 12.1. The largest absolute Gasteiger partial charge is 0.457 e. The van der Waals surface area contributed by atoms with E-state index in [0.717, 1.165) is 0 Å². The Morgan fingerprint density at radius 2 is 1.83 bits per heavy atom. The highest BCUT2D eigenvalue weighted by molar-refractivity contribution is 6.01. The van der Waals surface area contributed by atoms with Gasteiger partial charge in [-0.05, 0) is 36.4 Å². The smallest absolute Gasteiger partial charge is 0.311 e. The summed E-state index contributed by atoms with van der Waals surface area (Å²) in [5.74, 6) is -2.92. The Balaban J connectivity index is 1.54. The maximum atomic E-state index is 13.9. The first-order chi connectivity index (χ1) is 14.4. The number of hydrogen-bond acceptors (Lipinski definition) is 5. The van der Waals surface area contributed by atoms with Gasteiger partial charge in [0.2, 0.25) is 11.8 Å². The summed E-state index contributed by atoms with van der Waals surface area (Å²) >= 11 is 0. The van der Waals surface area contributed by atoms with Gasteiger partial charge in [-0.15, -0.1) is 0 Å². The normalized spacial score (nSPS) is 15.7. The van der Waals surface area contributed by atoms with Gasteiger partial charge >= 0.3 is 5.97 Å². The van der Waals surface area contributed by atoms with E-state index >= 15 is 0 Å². The summed E-state index contributed by atoms with van der Waals surface area (Å²) in [5.41, 5.74) is 1.00. The van der Waals surface area contributed by atoms with Crippen LogP contribution in [0.3, 0.4) is 0 Å². The average molecular weight is 412 g/mol. The van der Waals surface area contributed by atoms with Gasteiger partial charge in [0.15, 0.2) is 12.4 Å². The van der Waals surface area contributed by atoms with Crippen molar-refractivity contribution in [2.45, 2.75) is 19.8 Å². The molecular weight excluding hydrogens is 391 g/mol. The van der Waals surface area contributed by atoms with Crippen LogP contribution in [-0.2, 0) is 19.1 Å². The molecule has 1 fully saturated rings. The van der Waals surface area contributed by atoms with Crippen molar-refractivity contribution in [3.05, 3.63) is 59.9 Å². The monoisotopic (exact) mass is 412 g/mol. The summed E-state index contributed by atoms with van der Waals surface area (Å²) < 4.78 is 19.0. The lowest BCUT2D eigenvalue weighted by molar-refractivity contribution is -0.147. The number of anilines is 2. The van der Waals surface area contributed by atoms with Crippen LogP contribution >= 0.6 is 0 Å². The molecule has 2 amide bonds. The second-order valence-electron chi connectivity index (χ2n) is 6.87. The zero-order valence-corrected chi connectivity index (χ0v) is 16.4. The lowest BCUT2D eigenvalue weighted by Crippen LogP contribution is -2.27. The molecule has 0 aromatic heterocycles. The minimum atomic E-state index is -0.767. The van der Waals surface area contributed by atoms with Crippen molar-refractivity contribution in [1.82, 2.24) is 0 Å². The third kappa shape index (κ3) is 4.89. The van der Waals surface area contributed by atoms with Crippen LogP contribution < -0.4 is 10.2 Å². The molecule has 0 bridgehead atoms. The number of esters is 1. The maximum Gasteiger partial charge on any atom is 0.311 e. The first-order valence-electron chi connectivity index (χ1n) is 9.53. The number of hydrogen-bond donors (Lipinski definition) is 1. The first kappa shape index (κ1) is 21.2. The molecule has 1 aliphatic heterocycles. The quantitative estimate of drug-likeness (QED) is 0.558. The summed E-state index contributed by atoms with van der Waals surface area (Å²) in [7, 11) is 0. The lowest BCUT2D eigenvalue weighted by atomic mass is 10.1. The van der Waals surface area contributed by atoms with Crippen molar-refractivity contribution in [2.75, 3.05) is 23.4 Å². The molecular formula is C22H21FN2O5. The van der Waals surface area contributed by atoms with Crippen molar-refractivity contribution < 1.29 is 28.3 Å². The highest BCUT2D eigenvalue weighted by Crippen LogP contribution is 2.27. The van der Waals surface area contributed by atoms with Crippen LogP contribution in [0.5, 0.6) is 0 Å². The summed E-state index contributed by atoms with van der Waals surface area (Å²) in [6.45, 7) is 1.26. The van der Waals surface area contributed by atoms with Gasteiger partial charge in [0.25, 0.3) is 0 Å². The van der Waals surface area contributed by atoms with Crippen LogP contribution in [0.2, 0.25) is 0 Å². The molecule has 156 valence electrons. The Hall–Kier alpha value is -3.55. The van der Waals surface area contributed by atoms with E-state index in [-0.39, 0.29) is 30.5 Å². The number of nitrogens with one attached hydrogen (secondary N) is 1. The minimum absolute atomic E-state index is 0.00137. The fraction of sp³-hybridized carbons (Fsp3) is 0.273. The van der Waals surface area contributed by atoms with Gasteiger partial charge in [-0.2, -0.15) is 0 Å². The van der Waals surface area contributed by atoms with Gasteiger partial charge in [-0.3, -0.25) is 19.2 Å². The molecule has 8 heteroatoms. The molecule has 1 aliphatic rings. The van der Waals surface area contributed by atoms with Crippen molar-refractivity contribution in [3.63, 3.8) is 0 Å². The second-order valence-corrected chi connectivity index (χ2v) is 6.87. The SMILES string of the molecule is CCC(=O)Nc1ccc(C(=O)COC(=O)[C@H]2CC(=O)N(c3ccccc3F)C2)cc1. The molecule has 7 nitrogen and oxygen atoms in total. The van der Waals surface area contributed by atoms with E-state index in [0.29, 0.717) is 17.7 Å². The molecule has 0 spiro atoms. The number of halogens is 1. The number of benzene rings is 2. The number of ether oxygens (including phenoxy) is 1. The molecule has 2 aromatic rings. The van der Waals surface area contributed by atoms with Crippen molar-refractivity contribution >= 4 is 34.9 Å². The summed E-state index contributed by atoms with van der Waals surface area (Å²) in [6.07, 6.45) is 0.238. The first-order valence-corrected chi connectivity index (χ1v) is 9.53. The molecule has 1 atom stereocenters. The standard InChI is InChI=1S/C22H21FN2O5/c1-2-20(27)24-16-9-7-14(8-10-16)19(26)13-30-22(29)15-11-21(28)25(12-15)18-6-4-3-5-17(18)23/h3-10,15H,2,11-13H2,1H3,(H,24,27)/t15-/m0/s1. The Labute approximate surface area is 172 Å². The Kier molecular flexibility index (Phi) is 6.56. The van der Waals surface area contributed by atoms with Gasteiger partial charge in [-0.25, -0.2) is 4.39 Å². The second kappa shape index (κ2) is 9.30. The molecule has 0 unspecified atom stereocenters. The van der Waals surface area contributed by atoms with E-state index in [1.54, 1.807) is 25.1 Å². The van der Waals surface area contributed by atoms with Crippen LogP contribution in [0, 0.1) is 11.7 Å². The Morgan fingerprint density at radius 1 is 1.13 bits per heavy atom.